The minimum atomic E-state index is -0.411. The van der Waals surface area contributed by atoms with Gasteiger partial charge in [-0.3, -0.25) is 0 Å². The van der Waals surface area contributed by atoms with Gasteiger partial charge in [0.05, 0.1) is 12.8 Å². The third-order valence-corrected chi connectivity index (χ3v) is 2.60. The van der Waals surface area contributed by atoms with E-state index in [9.17, 15) is 4.79 Å². The molecule has 0 aromatic carbocycles. The van der Waals surface area contributed by atoms with Crippen molar-refractivity contribution in [1.29, 1.82) is 0 Å². The van der Waals surface area contributed by atoms with Crippen LogP contribution in [0, 0.1) is 0 Å². The lowest BCUT2D eigenvalue weighted by molar-refractivity contribution is 0.0595. The van der Waals surface area contributed by atoms with E-state index < -0.39 is 5.97 Å². The average molecular weight is 271 g/mol. The van der Waals surface area contributed by atoms with Gasteiger partial charge in [0.2, 0.25) is 0 Å². The Labute approximate surface area is 96.2 Å². The molecule has 0 spiro atoms. The van der Waals surface area contributed by atoms with Gasteiger partial charge >= 0.3 is 5.97 Å². The van der Waals surface area contributed by atoms with Crippen molar-refractivity contribution in [1.82, 2.24) is 4.98 Å². The molecule has 1 aromatic rings. The Morgan fingerprint density at radius 1 is 1.67 bits per heavy atom. The number of anilines is 1. The highest BCUT2D eigenvalue weighted by atomic mass is 79.9. The second-order valence-electron chi connectivity index (χ2n) is 3.46. The molecule has 1 fully saturated rings. The lowest BCUT2D eigenvalue weighted by Gasteiger charge is -2.09. The van der Waals surface area contributed by atoms with E-state index in [-0.39, 0.29) is 0 Å². The van der Waals surface area contributed by atoms with Crippen LogP contribution in [0.4, 0.5) is 5.69 Å². The van der Waals surface area contributed by atoms with Gasteiger partial charge < -0.3 is 10.1 Å². The first kappa shape index (κ1) is 10.4. The van der Waals surface area contributed by atoms with E-state index in [0.29, 0.717) is 11.7 Å². The molecule has 0 bridgehead atoms. The smallest absolute Gasteiger partial charge is 0.358 e. The standard InChI is InChI=1S/C10H11BrN2O2/c1-15-10(14)9-8(13-7-2-3-7)4-6(11)5-12-9/h4-5,7,13H,2-3H2,1H3. The Morgan fingerprint density at radius 2 is 2.40 bits per heavy atom. The Bertz CT molecular complexity index is 391. The number of carbonyl (C=O) groups excluding carboxylic acids is 1. The number of nitrogens with one attached hydrogen (secondary N) is 1. The fourth-order valence-corrected chi connectivity index (χ4v) is 1.59. The summed E-state index contributed by atoms with van der Waals surface area (Å²) < 4.78 is 5.51. The first-order valence-electron chi connectivity index (χ1n) is 4.71. The maximum atomic E-state index is 11.4. The molecule has 0 saturated heterocycles. The predicted octanol–water partition coefficient (Wildman–Crippen LogP) is 2.21. The van der Waals surface area contributed by atoms with Gasteiger partial charge in [-0.25, -0.2) is 9.78 Å². The zero-order valence-corrected chi connectivity index (χ0v) is 9.87. The zero-order valence-electron chi connectivity index (χ0n) is 8.29. The molecule has 0 aliphatic heterocycles. The first-order valence-corrected chi connectivity index (χ1v) is 5.50. The second kappa shape index (κ2) is 4.18. The van der Waals surface area contributed by atoms with E-state index in [2.05, 4.69) is 31.0 Å². The minimum absolute atomic E-state index is 0.340. The number of nitrogens with zero attached hydrogens (tertiary/aromatic N) is 1. The highest BCUT2D eigenvalue weighted by Crippen LogP contribution is 2.28. The average Bonchev–Trinajstić information content (AvgIpc) is 3.01. The summed E-state index contributed by atoms with van der Waals surface area (Å²) in [4.78, 5) is 15.5. The molecule has 2 rings (SSSR count). The first-order chi connectivity index (χ1) is 7.20. The van der Waals surface area contributed by atoms with Gasteiger partial charge in [-0.15, -0.1) is 0 Å². The number of hydrogen-bond acceptors (Lipinski definition) is 4. The van der Waals surface area contributed by atoms with Crippen LogP contribution in [0.25, 0.3) is 0 Å². The summed E-state index contributed by atoms with van der Waals surface area (Å²) in [7, 11) is 1.35. The van der Waals surface area contributed by atoms with Gasteiger partial charge in [-0.1, -0.05) is 0 Å². The van der Waals surface area contributed by atoms with Crippen molar-refractivity contribution in [2.24, 2.45) is 0 Å². The van der Waals surface area contributed by atoms with Crippen LogP contribution in [0.5, 0.6) is 0 Å². The van der Waals surface area contributed by atoms with Gasteiger partial charge in [0.15, 0.2) is 5.69 Å². The Kier molecular flexibility index (Phi) is 2.90. The molecule has 1 saturated carbocycles. The van der Waals surface area contributed by atoms with Crippen molar-refractivity contribution < 1.29 is 9.53 Å². The van der Waals surface area contributed by atoms with Crippen molar-refractivity contribution >= 4 is 27.6 Å². The predicted molar refractivity (Wildman–Crippen MR) is 59.9 cm³/mol. The monoisotopic (exact) mass is 270 g/mol. The quantitative estimate of drug-likeness (QED) is 0.856. The van der Waals surface area contributed by atoms with Crippen LogP contribution in [0.15, 0.2) is 16.7 Å². The van der Waals surface area contributed by atoms with Crippen LogP contribution in [-0.2, 0) is 4.74 Å². The van der Waals surface area contributed by atoms with Gasteiger partial charge in [-0.05, 0) is 34.8 Å². The second-order valence-corrected chi connectivity index (χ2v) is 4.38. The normalized spacial score (nSPS) is 14.8. The van der Waals surface area contributed by atoms with E-state index in [1.54, 1.807) is 6.20 Å². The van der Waals surface area contributed by atoms with Gasteiger partial charge in [0, 0.05) is 16.7 Å². The number of ether oxygens (including phenoxy) is 1. The number of hydrogen-bond donors (Lipinski definition) is 1. The van der Waals surface area contributed by atoms with Gasteiger partial charge in [0.25, 0.3) is 0 Å². The molecule has 0 unspecified atom stereocenters. The van der Waals surface area contributed by atoms with Crippen LogP contribution in [0.1, 0.15) is 23.3 Å². The Morgan fingerprint density at radius 3 is 3.00 bits per heavy atom. The van der Waals surface area contributed by atoms with Gasteiger partial charge in [0.1, 0.15) is 0 Å². The largest absolute Gasteiger partial charge is 0.464 e. The van der Waals surface area contributed by atoms with Crippen molar-refractivity contribution in [2.75, 3.05) is 12.4 Å². The zero-order chi connectivity index (χ0) is 10.8. The summed E-state index contributed by atoms with van der Waals surface area (Å²) in [6.07, 6.45) is 3.88. The maximum Gasteiger partial charge on any atom is 0.358 e. The highest BCUT2D eigenvalue weighted by Gasteiger charge is 2.24. The molecule has 1 heterocycles. The Hall–Kier alpha value is -1.10. The summed E-state index contributed by atoms with van der Waals surface area (Å²) in [6, 6.07) is 2.32. The van der Waals surface area contributed by atoms with Crippen molar-refractivity contribution in [3.05, 3.63) is 22.4 Å². The van der Waals surface area contributed by atoms with E-state index in [1.807, 2.05) is 6.07 Å². The van der Waals surface area contributed by atoms with Crippen molar-refractivity contribution in [3.8, 4) is 0 Å². The van der Waals surface area contributed by atoms with Crippen LogP contribution >= 0.6 is 15.9 Å². The molecule has 1 aliphatic rings. The van der Waals surface area contributed by atoms with E-state index in [1.165, 1.54) is 7.11 Å². The topological polar surface area (TPSA) is 51.2 Å². The van der Waals surface area contributed by atoms with Gasteiger partial charge in [-0.2, -0.15) is 0 Å². The molecule has 15 heavy (non-hydrogen) atoms. The minimum Gasteiger partial charge on any atom is -0.464 e. The number of methoxy groups -OCH3 is 1. The molecule has 0 amide bonds. The molecular formula is C10H11BrN2O2. The number of halogens is 1. The SMILES string of the molecule is COC(=O)c1ncc(Br)cc1NC1CC1. The molecule has 0 radical (unpaired) electrons. The molecule has 1 aliphatic carbocycles. The third-order valence-electron chi connectivity index (χ3n) is 2.17. The van der Waals surface area contributed by atoms with E-state index in [0.717, 1.165) is 23.0 Å². The van der Waals surface area contributed by atoms with Crippen LogP contribution < -0.4 is 5.32 Å². The number of esters is 1. The fraction of sp³-hybridized carbons (Fsp3) is 0.400. The summed E-state index contributed by atoms with van der Waals surface area (Å²) in [5, 5.41) is 3.25. The lowest BCUT2D eigenvalue weighted by Crippen LogP contribution is -2.11. The van der Waals surface area contributed by atoms with E-state index in [4.69, 9.17) is 0 Å². The van der Waals surface area contributed by atoms with Crippen LogP contribution in [0.3, 0.4) is 0 Å². The van der Waals surface area contributed by atoms with Crippen molar-refractivity contribution in [3.63, 3.8) is 0 Å². The van der Waals surface area contributed by atoms with E-state index >= 15 is 0 Å². The Balaban J connectivity index is 2.29. The molecule has 80 valence electrons. The number of aromatic nitrogens is 1. The fourth-order valence-electron chi connectivity index (χ4n) is 1.26. The van der Waals surface area contributed by atoms with Crippen LogP contribution in [0.2, 0.25) is 0 Å². The molecule has 0 atom stereocenters. The molecule has 1 aromatic heterocycles. The number of pyridine rings is 1. The number of carbonyl (C=O) groups is 1. The molecule has 4 nitrogen and oxygen atoms in total. The van der Waals surface area contributed by atoms with Crippen LogP contribution in [-0.4, -0.2) is 24.1 Å². The number of rotatable bonds is 3. The molecule has 1 N–H and O–H groups in total. The summed E-state index contributed by atoms with van der Waals surface area (Å²) in [5.41, 5.74) is 1.08. The highest BCUT2D eigenvalue weighted by molar-refractivity contribution is 9.10. The summed E-state index contributed by atoms with van der Waals surface area (Å²) in [5.74, 6) is -0.411. The lowest BCUT2D eigenvalue weighted by atomic mass is 10.3. The summed E-state index contributed by atoms with van der Waals surface area (Å²) in [6.45, 7) is 0. The third kappa shape index (κ3) is 2.47. The van der Waals surface area contributed by atoms with Crippen molar-refractivity contribution in [2.45, 2.75) is 18.9 Å². The molecular weight excluding hydrogens is 260 g/mol. The summed E-state index contributed by atoms with van der Waals surface area (Å²) >= 11 is 3.32. The molecule has 5 heteroatoms. The maximum absolute atomic E-state index is 11.4.